The van der Waals surface area contributed by atoms with Crippen molar-refractivity contribution < 1.29 is 14.0 Å². The summed E-state index contributed by atoms with van der Waals surface area (Å²) in [4.78, 5) is 23.7. The Hall–Kier alpha value is -2.70. The van der Waals surface area contributed by atoms with E-state index in [0.29, 0.717) is 29.3 Å². The highest BCUT2D eigenvalue weighted by molar-refractivity contribution is 6.39. The molecule has 120 valence electrons. The molecule has 1 heterocycles. The van der Waals surface area contributed by atoms with Crippen molar-refractivity contribution in [2.24, 2.45) is 5.92 Å². The summed E-state index contributed by atoms with van der Waals surface area (Å²) >= 11 is 0. The molecule has 3 rings (SSSR count). The van der Waals surface area contributed by atoms with Crippen molar-refractivity contribution in [3.05, 3.63) is 35.8 Å². The van der Waals surface area contributed by atoms with Gasteiger partial charge in [-0.3, -0.25) is 14.7 Å². The second-order valence-electron chi connectivity index (χ2n) is 5.69. The zero-order valence-electron chi connectivity index (χ0n) is 12.6. The van der Waals surface area contributed by atoms with Crippen LogP contribution in [0.5, 0.6) is 0 Å². The maximum atomic E-state index is 13.1. The summed E-state index contributed by atoms with van der Waals surface area (Å²) in [6, 6.07) is 5.84. The molecule has 0 aliphatic heterocycles. The van der Waals surface area contributed by atoms with E-state index in [1.165, 1.54) is 12.1 Å². The molecule has 0 bridgehead atoms. The Morgan fingerprint density at radius 3 is 2.61 bits per heavy atom. The second-order valence-corrected chi connectivity index (χ2v) is 5.69. The van der Waals surface area contributed by atoms with Gasteiger partial charge in [0.2, 0.25) is 0 Å². The summed E-state index contributed by atoms with van der Waals surface area (Å²) in [6.07, 6.45) is 2.18. The Morgan fingerprint density at radius 1 is 1.26 bits per heavy atom. The van der Waals surface area contributed by atoms with Crippen LogP contribution >= 0.6 is 0 Å². The van der Waals surface area contributed by atoms with E-state index in [0.717, 1.165) is 12.8 Å². The molecule has 2 amide bonds. The van der Waals surface area contributed by atoms with Crippen molar-refractivity contribution in [3.63, 3.8) is 0 Å². The summed E-state index contributed by atoms with van der Waals surface area (Å²) in [7, 11) is 0. The number of H-pyrrole nitrogens is 1. The predicted octanol–water partition coefficient (Wildman–Crippen LogP) is 1.99. The van der Waals surface area contributed by atoms with Crippen LogP contribution in [0.25, 0.3) is 11.1 Å². The molecule has 1 saturated carbocycles. The molecule has 0 unspecified atom stereocenters. The Morgan fingerprint density at radius 2 is 1.96 bits per heavy atom. The van der Waals surface area contributed by atoms with Crippen molar-refractivity contribution in [3.8, 4) is 11.1 Å². The summed E-state index contributed by atoms with van der Waals surface area (Å²) in [5.74, 6) is -1.04. The average molecular weight is 316 g/mol. The first-order chi connectivity index (χ1) is 11.0. The maximum Gasteiger partial charge on any atom is 0.314 e. The first-order valence-electron chi connectivity index (χ1n) is 7.44. The molecule has 1 aromatic carbocycles. The van der Waals surface area contributed by atoms with Crippen LogP contribution in [0.1, 0.15) is 18.5 Å². The van der Waals surface area contributed by atoms with Crippen molar-refractivity contribution in [1.82, 2.24) is 15.5 Å². The van der Waals surface area contributed by atoms with E-state index < -0.39 is 11.8 Å². The van der Waals surface area contributed by atoms with Gasteiger partial charge in [-0.05, 0) is 43.4 Å². The van der Waals surface area contributed by atoms with Gasteiger partial charge in [-0.15, -0.1) is 0 Å². The lowest BCUT2D eigenvalue weighted by molar-refractivity contribution is -0.136. The lowest BCUT2D eigenvalue weighted by Gasteiger charge is -2.07. The van der Waals surface area contributed by atoms with Gasteiger partial charge in [0.15, 0.2) is 5.82 Å². The molecule has 1 fully saturated rings. The van der Waals surface area contributed by atoms with Crippen LogP contribution < -0.4 is 10.6 Å². The largest absolute Gasteiger partial charge is 0.348 e. The zero-order valence-corrected chi connectivity index (χ0v) is 12.6. The van der Waals surface area contributed by atoms with Crippen molar-refractivity contribution in [2.75, 3.05) is 11.9 Å². The number of benzene rings is 1. The normalized spacial score (nSPS) is 13.7. The number of hydrogen-bond donors (Lipinski definition) is 3. The third kappa shape index (κ3) is 3.56. The van der Waals surface area contributed by atoms with Crippen LogP contribution in [0.2, 0.25) is 0 Å². The number of aryl methyl sites for hydroxylation is 1. The minimum atomic E-state index is -0.763. The zero-order chi connectivity index (χ0) is 16.4. The molecule has 1 aliphatic carbocycles. The Kier molecular flexibility index (Phi) is 4.10. The number of aromatic nitrogens is 2. The fourth-order valence-electron chi connectivity index (χ4n) is 2.29. The van der Waals surface area contributed by atoms with E-state index in [-0.39, 0.29) is 11.6 Å². The van der Waals surface area contributed by atoms with Gasteiger partial charge in [0.1, 0.15) is 5.82 Å². The number of rotatable bonds is 4. The smallest absolute Gasteiger partial charge is 0.314 e. The average Bonchev–Trinajstić information content (AvgIpc) is 3.30. The van der Waals surface area contributed by atoms with Crippen molar-refractivity contribution >= 4 is 17.6 Å². The Labute approximate surface area is 132 Å². The van der Waals surface area contributed by atoms with E-state index in [9.17, 15) is 14.0 Å². The monoisotopic (exact) mass is 316 g/mol. The minimum Gasteiger partial charge on any atom is -0.348 e. The predicted molar refractivity (Wildman–Crippen MR) is 83.1 cm³/mol. The number of anilines is 1. The molecule has 1 aromatic heterocycles. The Bertz CT molecular complexity index is 735. The van der Waals surface area contributed by atoms with Gasteiger partial charge in [-0.25, -0.2) is 4.39 Å². The van der Waals surface area contributed by atoms with E-state index in [2.05, 4.69) is 20.8 Å². The molecule has 7 heteroatoms. The molecule has 23 heavy (non-hydrogen) atoms. The topological polar surface area (TPSA) is 86.9 Å². The first kappa shape index (κ1) is 15.2. The third-order valence-corrected chi connectivity index (χ3v) is 3.77. The number of carbonyl (C=O) groups is 2. The first-order valence-corrected chi connectivity index (χ1v) is 7.44. The SMILES string of the molecule is Cc1[nH]nc(NC(=O)C(=O)NCC2CC2)c1-c1ccc(F)cc1. The number of carbonyl (C=O) groups excluding carboxylic acids is 2. The molecule has 6 nitrogen and oxygen atoms in total. The number of nitrogens with zero attached hydrogens (tertiary/aromatic N) is 1. The number of amides is 2. The maximum absolute atomic E-state index is 13.1. The van der Waals surface area contributed by atoms with Gasteiger partial charge < -0.3 is 10.6 Å². The van der Waals surface area contributed by atoms with E-state index in [4.69, 9.17) is 0 Å². The van der Waals surface area contributed by atoms with Crippen LogP contribution in [0.3, 0.4) is 0 Å². The molecule has 2 aromatic rings. The molecule has 0 radical (unpaired) electrons. The van der Waals surface area contributed by atoms with E-state index >= 15 is 0 Å². The van der Waals surface area contributed by atoms with Crippen LogP contribution in [0.15, 0.2) is 24.3 Å². The van der Waals surface area contributed by atoms with Gasteiger partial charge in [0, 0.05) is 17.8 Å². The van der Waals surface area contributed by atoms with Crippen LogP contribution in [-0.2, 0) is 9.59 Å². The van der Waals surface area contributed by atoms with Gasteiger partial charge in [0.05, 0.1) is 0 Å². The second kappa shape index (κ2) is 6.20. The fourth-order valence-corrected chi connectivity index (χ4v) is 2.29. The Balaban J connectivity index is 1.73. The van der Waals surface area contributed by atoms with Crippen molar-refractivity contribution in [2.45, 2.75) is 19.8 Å². The minimum absolute atomic E-state index is 0.251. The van der Waals surface area contributed by atoms with Gasteiger partial charge in [-0.1, -0.05) is 12.1 Å². The number of aromatic amines is 1. The number of halogens is 1. The molecule has 0 spiro atoms. The molecule has 1 aliphatic rings. The van der Waals surface area contributed by atoms with Crippen LogP contribution in [-0.4, -0.2) is 28.6 Å². The highest BCUT2D eigenvalue weighted by Crippen LogP contribution is 2.29. The van der Waals surface area contributed by atoms with Crippen LogP contribution in [0.4, 0.5) is 10.2 Å². The summed E-state index contributed by atoms with van der Waals surface area (Å²) in [5.41, 5.74) is 2.05. The van der Waals surface area contributed by atoms with Gasteiger partial charge in [0.25, 0.3) is 0 Å². The van der Waals surface area contributed by atoms with E-state index in [1.54, 1.807) is 19.1 Å². The molecule has 0 atom stereocenters. The molecule has 0 saturated heterocycles. The van der Waals surface area contributed by atoms with Crippen molar-refractivity contribution in [1.29, 1.82) is 0 Å². The summed E-state index contributed by atoms with van der Waals surface area (Å²) in [6.45, 7) is 2.31. The van der Waals surface area contributed by atoms with Gasteiger partial charge in [-0.2, -0.15) is 5.10 Å². The lowest BCUT2D eigenvalue weighted by atomic mass is 10.1. The summed E-state index contributed by atoms with van der Waals surface area (Å²) < 4.78 is 13.1. The van der Waals surface area contributed by atoms with E-state index in [1.807, 2.05) is 0 Å². The molecular weight excluding hydrogens is 299 g/mol. The quantitative estimate of drug-likeness (QED) is 0.754. The highest BCUT2D eigenvalue weighted by atomic mass is 19.1. The molecule has 3 N–H and O–H groups in total. The molecular formula is C16H17FN4O2. The number of hydrogen-bond acceptors (Lipinski definition) is 3. The van der Waals surface area contributed by atoms with Gasteiger partial charge >= 0.3 is 11.8 Å². The standard InChI is InChI=1S/C16H17FN4O2/c1-9-13(11-4-6-12(17)7-5-11)14(21-20-9)19-16(23)15(22)18-8-10-2-3-10/h4-7,10H,2-3,8H2,1H3,(H,18,22)(H2,19,20,21,23). The third-order valence-electron chi connectivity index (χ3n) is 3.77. The lowest BCUT2D eigenvalue weighted by Crippen LogP contribution is -2.36. The van der Waals surface area contributed by atoms with Crippen LogP contribution in [0, 0.1) is 18.7 Å². The number of nitrogens with one attached hydrogen (secondary N) is 3. The highest BCUT2D eigenvalue weighted by Gasteiger charge is 2.24. The fraction of sp³-hybridized carbons (Fsp3) is 0.312. The summed E-state index contributed by atoms with van der Waals surface area (Å²) in [5, 5.41) is 11.9.